The number of ether oxygens (including phenoxy) is 1. The number of hydrogen-bond acceptors (Lipinski definition) is 4. The molecular weight excluding hydrogens is 382 g/mol. The van der Waals surface area contributed by atoms with Gasteiger partial charge in [0, 0.05) is 30.6 Å². The minimum atomic E-state index is -0.444. The molecule has 30 heavy (non-hydrogen) atoms. The van der Waals surface area contributed by atoms with Crippen LogP contribution >= 0.6 is 0 Å². The lowest BCUT2D eigenvalue weighted by Gasteiger charge is -2.19. The molecule has 0 bridgehead atoms. The fourth-order valence-corrected chi connectivity index (χ4v) is 3.44. The molecule has 0 aliphatic carbocycles. The third-order valence-electron chi connectivity index (χ3n) is 5.07. The summed E-state index contributed by atoms with van der Waals surface area (Å²) >= 11 is 0. The number of anilines is 2. The molecular formula is C23H27N3O4. The maximum Gasteiger partial charge on any atom is 0.254 e. The molecule has 1 fully saturated rings. The maximum atomic E-state index is 12.8. The van der Waals surface area contributed by atoms with E-state index < -0.39 is 6.10 Å². The van der Waals surface area contributed by atoms with E-state index in [9.17, 15) is 14.4 Å². The number of carbonyl (C=O) groups excluding carboxylic acids is 3. The first-order valence-electron chi connectivity index (χ1n) is 9.99. The van der Waals surface area contributed by atoms with Gasteiger partial charge in [-0.3, -0.25) is 14.4 Å². The van der Waals surface area contributed by atoms with E-state index in [-0.39, 0.29) is 24.3 Å². The van der Waals surface area contributed by atoms with Crippen LogP contribution in [0.4, 0.5) is 11.4 Å². The molecule has 2 aromatic rings. The molecule has 7 heteroatoms. The summed E-state index contributed by atoms with van der Waals surface area (Å²) in [4.78, 5) is 38.8. The Morgan fingerprint density at radius 3 is 2.43 bits per heavy atom. The summed E-state index contributed by atoms with van der Waals surface area (Å²) in [6.45, 7) is 4.35. The van der Waals surface area contributed by atoms with Gasteiger partial charge in [0.1, 0.15) is 6.10 Å². The van der Waals surface area contributed by atoms with E-state index in [4.69, 9.17) is 4.74 Å². The van der Waals surface area contributed by atoms with Crippen molar-refractivity contribution in [3.8, 4) is 0 Å². The molecule has 1 aliphatic rings. The molecule has 3 rings (SSSR count). The van der Waals surface area contributed by atoms with Crippen LogP contribution in [0.25, 0.3) is 0 Å². The monoisotopic (exact) mass is 409 g/mol. The van der Waals surface area contributed by atoms with Crippen LogP contribution in [0.5, 0.6) is 0 Å². The fraction of sp³-hybridized carbons (Fsp3) is 0.348. The zero-order valence-corrected chi connectivity index (χ0v) is 17.5. The van der Waals surface area contributed by atoms with Crippen molar-refractivity contribution >= 4 is 29.1 Å². The first-order chi connectivity index (χ1) is 14.3. The molecule has 158 valence electrons. The van der Waals surface area contributed by atoms with E-state index in [0.717, 1.165) is 23.2 Å². The Labute approximate surface area is 176 Å². The van der Waals surface area contributed by atoms with E-state index in [1.807, 2.05) is 32.0 Å². The number of benzene rings is 2. The molecule has 1 atom stereocenters. The van der Waals surface area contributed by atoms with Crippen molar-refractivity contribution in [3.63, 3.8) is 0 Å². The van der Waals surface area contributed by atoms with Crippen molar-refractivity contribution < 1.29 is 19.1 Å². The molecule has 7 nitrogen and oxygen atoms in total. The normalized spacial score (nSPS) is 15.5. The van der Waals surface area contributed by atoms with Crippen LogP contribution < -0.4 is 10.6 Å². The SMILES string of the molecule is Cc1cccc(C)c1NC(=O)CN(C)C(=O)c1cccc(NC(=O)C2CCCO2)c1. The summed E-state index contributed by atoms with van der Waals surface area (Å²) in [7, 11) is 1.57. The van der Waals surface area contributed by atoms with Crippen LogP contribution in [0.3, 0.4) is 0 Å². The Morgan fingerprint density at radius 2 is 1.77 bits per heavy atom. The maximum absolute atomic E-state index is 12.8. The van der Waals surface area contributed by atoms with Crippen molar-refractivity contribution in [1.29, 1.82) is 0 Å². The van der Waals surface area contributed by atoms with Gasteiger partial charge in [-0.25, -0.2) is 0 Å². The smallest absolute Gasteiger partial charge is 0.254 e. The Morgan fingerprint density at radius 1 is 1.07 bits per heavy atom. The summed E-state index contributed by atoms with van der Waals surface area (Å²) in [5.41, 5.74) is 3.61. The number of carbonyl (C=O) groups is 3. The number of amides is 3. The van der Waals surface area contributed by atoms with Gasteiger partial charge in [0.2, 0.25) is 5.91 Å². The number of nitrogens with zero attached hydrogens (tertiary/aromatic N) is 1. The minimum Gasteiger partial charge on any atom is -0.368 e. The van der Waals surface area contributed by atoms with Gasteiger partial charge in [-0.2, -0.15) is 0 Å². The Hall–Kier alpha value is -3.19. The third kappa shape index (κ3) is 5.24. The van der Waals surface area contributed by atoms with Crippen LogP contribution in [-0.2, 0) is 14.3 Å². The molecule has 2 N–H and O–H groups in total. The van der Waals surface area contributed by atoms with Gasteiger partial charge in [0.05, 0.1) is 6.54 Å². The molecule has 0 radical (unpaired) electrons. The van der Waals surface area contributed by atoms with Gasteiger partial charge in [0.25, 0.3) is 11.8 Å². The highest BCUT2D eigenvalue weighted by atomic mass is 16.5. The van der Waals surface area contributed by atoms with Gasteiger partial charge in [-0.15, -0.1) is 0 Å². The molecule has 1 saturated heterocycles. The number of para-hydroxylation sites is 1. The predicted molar refractivity (Wildman–Crippen MR) is 116 cm³/mol. The lowest BCUT2D eigenvalue weighted by Crippen LogP contribution is -2.35. The van der Waals surface area contributed by atoms with Crippen molar-refractivity contribution in [2.75, 3.05) is 30.8 Å². The zero-order valence-electron chi connectivity index (χ0n) is 17.5. The van der Waals surface area contributed by atoms with Crippen LogP contribution in [0, 0.1) is 13.8 Å². The molecule has 1 aliphatic heterocycles. The van der Waals surface area contributed by atoms with E-state index >= 15 is 0 Å². The van der Waals surface area contributed by atoms with Gasteiger partial charge >= 0.3 is 0 Å². The van der Waals surface area contributed by atoms with Crippen LogP contribution in [0.2, 0.25) is 0 Å². The van der Waals surface area contributed by atoms with E-state index in [0.29, 0.717) is 24.3 Å². The lowest BCUT2D eigenvalue weighted by atomic mass is 10.1. The number of rotatable bonds is 6. The van der Waals surface area contributed by atoms with Gasteiger partial charge in [-0.05, 0) is 56.0 Å². The first kappa shape index (κ1) is 21.5. The highest BCUT2D eigenvalue weighted by Gasteiger charge is 2.24. The van der Waals surface area contributed by atoms with Crippen molar-refractivity contribution in [3.05, 3.63) is 59.2 Å². The van der Waals surface area contributed by atoms with Crippen molar-refractivity contribution in [1.82, 2.24) is 4.90 Å². The Balaban J connectivity index is 1.61. The van der Waals surface area contributed by atoms with Gasteiger partial charge < -0.3 is 20.3 Å². The molecule has 0 aromatic heterocycles. The van der Waals surface area contributed by atoms with Crippen LogP contribution in [0.15, 0.2) is 42.5 Å². The molecule has 2 aromatic carbocycles. The lowest BCUT2D eigenvalue weighted by molar-refractivity contribution is -0.124. The summed E-state index contributed by atoms with van der Waals surface area (Å²) in [6.07, 6.45) is 1.12. The minimum absolute atomic E-state index is 0.0842. The Bertz CT molecular complexity index is 931. The third-order valence-corrected chi connectivity index (χ3v) is 5.07. The standard InChI is InChI=1S/C23H27N3O4/c1-15-7-4-8-16(2)21(15)25-20(27)14-26(3)23(29)17-9-5-10-18(13-17)24-22(28)19-11-6-12-30-19/h4-5,7-10,13,19H,6,11-12,14H2,1-3H3,(H,24,28)(H,25,27). The predicted octanol–water partition coefficient (Wildman–Crippen LogP) is 3.13. The highest BCUT2D eigenvalue weighted by Crippen LogP contribution is 2.20. The summed E-state index contributed by atoms with van der Waals surface area (Å²) in [6, 6.07) is 12.5. The Kier molecular flexibility index (Phi) is 6.84. The second-order valence-electron chi connectivity index (χ2n) is 7.55. The number of aryl methyl sites for hydroxylation is 2. The van der Waals surface area contributed by atoms with E-state index in [1.54, 1.807) is 31.3 Å². The van der Waals surface area contributed by atoms with E-state index in [2.05, 4.69) is 10.6 Å². The summed E-state index contributed by atoms with van der Waals surface area (Å²) in [5.74, 6) is -0.788. The van der Waals surface area contributed by atoms with Crippen molar-refractivity contribution in [2.24, 2.45) is 0 Å². The molecule has 0 spiro atoms. The van der Waals surface area contributed by atoms with E-state index in [1.165, 1.54) is 4.90 Å². The molecule has 0 saturated carbocycles. The number of nitrogens with one attached hydrogen (secondary N) is 2. The molecule has 3 amide bonds. The first-order valence-corrected chi connectivity index (χ1v) is 9.99. The van der Waals surface area contributed by atoms with Gasteiger partial charge in [0.15, 0.2) is 0 Å². The van der Waals surface area contributed by atoms with Gasteiger partial charge in [-0.1, -0.05) is 24.3 Å². The topological polar surface area (TPSA) is 87.7 Å². The number of hydrogen-bond donors (Lipinski definition) is 2. The second-order valence-corrected chi connectivity index (χ2v) is 7.55. The summed E-state index contributed by atoms with van der Waals surface area (Å²) < 4.78 is 5.38. The summed E-state index contributed by atoms with van der Waals surface area (Å²) in [5, 5.41) is 5.67. The second kappa shape index (κ2) is 9.54. The highest BCUT2D eigenvalue weighted by molar-refractivity contribution is 6.01. The zero-order chi connectivity index (χ0) is 21.7. The quantitative estimate of drug-likeness (QED) is 0.767. The number of likely N-dealkylation sites (N-methyl/N-ethyl adjacent to an activating group) is 1. The largest absolute Gasteiger partial charge is 0.368 e. The van der Waals surface area contributed by atoms with Crippen molar-refractivity contribution in [2.45, 2.75) is 32.8 Å². The molecule has 1 heterocycles. The average molecular weight is 409 g/mol. The average Bonchev–Trinajstić information content (AvgIpc) is 3.25. The fourth-order valence-electron chi connectivity index (χ4n) is 3.44. The molecule has 1 unspecified atom stereocenters. The van der Waals surface area contributed by atoms with Crippen LogP contribution in [-0.4, -0.2) is 48.9 Å². The van der Waals surface area contributed by atoms with Crippen LogP contribution in [0.1, 0.15) is 34.3 Å².